The van der Waals surface area contributed by atoms with Crippen LogP contribution in [0.4, 0.5) is 5.69 Å². The van der Waals surface area contributed by atoms with Crippen molar-refractivity contribution in [1.82, 2.24) is 0 Å². The number of rotatable bonds is 2. The summed E-state index contributed by atoms with van der Waals surface area (Å²) in [6.07, 6.45) is 0. The maximum atomic E-state index is 2.48. The first-order valence-corrected chi connectivity index (χ1v) is 6.26. The van der Waals surface area contributed by atoms with E-state index in [9.17, 15) is 0 Å². The number of anilines is 1. The monoisotopic (exact) mass is 301 g/mol. The lowest BCUT2D eigenvalue weighted by Crippen LogP contribution is -2.49. The van der Waals surface area contributed by atoms with E-state index in [1.807, 2.05) is 0 Å². The van der Waals surface area contributed by atoms with Gasteiger partial charge in [-0.1, -0.05) is 26.0 Å². The fraction of sp³-hybridized carbons (Fsp3) is 0.500. The van der Waals surface area contributed by atoms with Gasteiger partial charge in [0.25, 0.3) is 0 Å². The van der Waals surface area contributed by atoms with Crippen LogP contribution in [0.3, 0.4) is 0 Å². The lowest BCUT2D eigenvalue weighted by molar-refractivity contribution is 0.309. The van der Waals surface area contributed by atoms with Gasteiger partial charge in [0.2, 0.25) is 0 Å². The van der Waals surface area contributed by atoms with Crippen LogP contribution in [0.2, 0.25) is 0 Å². The summed E-state index contributed by atoms with van der Waals surface area (Å²) in [5, 5.41) is 0. The van der Waals surface area contributed by atoms with E-state index in [0.29, 0.717) is 0 Å². The molecule has 0 radical (unpaired) electrons. The van der Waals surface area contributed by atoms with E-state index in [1.54, 1.807) is 0 Å². The Kier molecular flexibility index (Phi) is 3.00. The minimum atomic E-state index is 0.827. The van der Waals surface area contributed by atoms with Gasteiger partial charge in [0.1, 0.15) is 0 Å². The van der Waals surface area contributed by atoms with Gasteiger partial charge in [-0.3, -0.25) is 0 Å². The van der Waals surface area contributed by atoms with Crippen molar-refractivity contribution in [3.8, 4) is 0 Å². The predicted molar refractivity (Wildman–Crippen MR) is 69.7 cm³/mol. The number of hydrogen-bond acceptors (Lipinski definition) is 1. The molecular formula is C12H16IN. The maximum Gasteiger partial charge on any atom is 0.0502 e. The molecule has 76 valence electrons. The summed E-state index contributed by atoms with van der Waals surface area (Å²) >= 11 is 2.42. The van der Waals surface area contributed by atoms with Crippen LogP contribution < -0.4 is 4.90 Å². The van der Waals surface area contributed by atoms with Crippen LogP contribution in [0.25, 0.3) is 0 Å². The van der Waals surface area contributed by atoms with Gasteiger partial charge in [-0.25, -0.2) is 0 Å². The molecule has 1 fully saturated rings. The highest BCUT2D eigenvalue weighted by Gasteiger charge is 2.29. The molecule has 1 saturated heterocycles. The highest BCUT2D eigenvalue weighted by molar-refractivity contribution is 14.1. The SMILES string of the molecule is CC(C)C1CN(c2ccccc2I)C1. The summed E-state index contributed by atoms with van der Waals surface area (Å²) in [6.45, 7) is 7.10. The molecule has 1 aliphatic heterocycles. The quantitative estimate of drug-likeness (QED) is 0.757. The molecule has 0 N–H and O–H groups in total. The highest BCUT2D eigenvalue weighted by atomic mass is 127. The first-order valence-electron chi connectivity index (χ1n) is 5.18. The van der Waals surface area contributed by atoms with Gasteiger partial charge in [0.15, 0.2) is 0 Å². The molecule has 1 aromatic rings. The lowest BCUT2D eigenvalue weighted by Gasteiger charge is -2.43. The van der Waals surface area contributed by atoms with Crippen molar-refractivity contribution in [3.63, 3.8) is 0 Å². The summed E-state index contributed by atoms with van der Waals surface area (Å²) in [5.74, 6) is 1.72. The van der Waals surface area contributed by atoms with Gasteiger partial charge < -0.3 is 4.90 Å². The molecule has 1 nitrogen and oxygen atoms in total. The second kappa shape index (κ2) is 4.09. The zero-order chi connectivity index (χ0) is 10.1. The van der Waals surface area contributed by atoms with Crippen LogP contribution in [-0.2, 0) is 0 Å². The number of halogens is 1. The Morgan fingerprint density at radius 1 is 1.29 bits per heavy atom. The molecule has 2 heteroatoms. The fourth-order valence-corrected chi connectivity index (χ4v) is 2.57. The zero-order valence-electron chi connectivity index (χ0n) is 8.70. The number of para-hydroxylation sites is 1. The fourth-order valence-electron chi connectivity index (χ4n) is 1.84. The first-order chi connectivity index (χ1) is 6.68. The molecule has 1 aromatic carbocycles. The van der Waals surface area contributed by atoms with Crippen LogP contribution in [-0.4, -0.2) is 13.1 Å². The summed E-state index contributed by atoms with van der Waals surface area (Å²) < 4.78 is 1.37. The topological polar surface area (TPSA) is 3.24 Å². The molecule has 0 amide bonds. The molecule has 0 aromatic heterocycles. The van der Waals surface area contributed by atoms with Crippen LogP contribution in [0.15, 0.2) is 24.3 Å². The van der Waals surface area contributed by atoms with E-state index in [0.717, 1.165) is 11.8 Å². The smallest absolute Gasteiger partial charge is 0.0502 e. The zero-order valence-corrected chi connectivity index (χ0v) is 10.9. The van der Waals surface area contributed by atoms with Gasteiger partial charge in [-0.05, 0) is 46.6 Å². The average Bonchev–Trinajstić information content (AvgIpc) is 2.05. The largest absolute Gasteiger partial charge is 0.370 e. The van der Waals surface area contributed by atoms with Crippen LogP contribution in [0, 0.1) is 15.4 Å². The summed E-state index contributed by atoms with van der Waals surface area (Å²) in [7, 11) is 0. The molecule has 0 spiro atoms. The van der Waals surface area contributed by atoms with Gasteiger partial charge in [-0.15, -0.1) is 0 Å². The molecule has 1 aliphatic rings. The van der Waals surface area contributed by atoms with E-state index in [4.69, 9.17) is 0 Å². The second-order valence-corrected chi connectivity index (χ2v) is 5.52. The van der Waals surface area contributed by atoms with E-state index in [2.05, 4.69) is 65.6 Å². The van der Waals surface area contributed by atoms with Gasteiger partial charge >= 0.3 is 0 Å². The minimum absolute atomic E-state index is 0.827. The Morgan fingerprint density at radius 3 is 2.50 bits per heavy atom. The third-order valence-electron chi connectivity index (χ3n) is 3.05. The lowest BCUT2D eigenvalue weighted by atomic mass is 9.88. The molecular weight excluding hydrogens is 285 g/mol. The first kappa shape index (κ1) is 10.3. The van der Waals surface area contributed by atoms with Gasteiger partial charge in [-0.2, -0.15) is 0 Å². The second-order valence-electron chi connectivity index (χ2n) is 4.36. The van der Waals surface area contributed by atoms with Crippen molar-refractivity contribution in [2.45, 2.75) is 13.8 Å². The minimum Gasteiger partial charge on any atom is -0.370 e. The molecule has 2 rings (SSSR count). The van der Waals surface area contributed by atoms with Crippen molar-refractivity contribution < 1.29 is 0 Å². The van der Waals surface area contributed by atoms with Gasteiger partial charge in [0.05, 0.1) is 5.69 Å². The third kappa shape index (κ3) is 1.90. The van der Waals surface area contributed by atoms with Crippen molar-refractivity contribution in [3.05, 3.63) is 27.8 Å². The van der Waals surface area contributed by atoms with Crippen LogP contribution in [0.1, 0.15) is 13.8 Å². The van der Waals surface area contributed by atoms with E-state index >= 15 is 0 Å². The Balaban J connectivity index is 2.03. The van der Waals surface area contributed by atoms with E-state index in [-0.39, 0.29) is 0 Å². The standard InChI is InChI=1S/C12H16IN/c1-9(2)10-7-14(8-10)12-6-4-3-5-11(12)13/h3-6,9-10H,7-8H2,1-2H3. The van der Waals surface area contributed by atoms with Crippen molar-refractivity contribution in [1.29, 1.82) is 0 Å². The summed E-state index contributed by atoms with van der Waals surface area (Å²) in [5.41, 5.74) is 1.41. The Bertz CT molecular complexity index is 316. The maximum absolute atomic E-state index is 2.48. The third-order valence-corrected chi connectivity index (χ3v) is 3.96. The molecule has 1 heterocycles. The van der Waals surface area contributed by atoms with Crippen LogP contribution >= 0.6 is 22.6 Å². The molecule has 14 heavy (non-hydrogen) atoms. The van der Waals surface area contributed by atoms with Crippen molar-refractivity contribution >= 4 is 28.3 Å². The predicted octanol–water partition coefficient (Wildman–Crippen LogP) is 3.38. The number of benzene rings is 1. The normalized spacial score (nSPS) is 17.3. The van der Waals surface area contributed by atoms with E-state index < -0.39 is 0 Å². The summed E-state index contributed by atoms with van der Waals surface area (Å²) in [6, 6.07) is 8.63. The molecule has 0 aliphatic carbocycles. The average molecular weight is 301 g/mol. The molecule has 0 saturated carbocycles. The Hall–Kier alpha value is -0.250. The molecule has 0 unspecified atom stereocenters. The van der Waals surface area contributed by atoms with E-state index in [1.165, 1.54) is 22.3 Å². The highest BCUT2D eigenvalue weighted by Crippen LogP contribution is 2.31. The Morgan fingerprint density at radius 2 is 1.93 bits per heavy atom. The number of nitrogens with zero attached hydrogens (tertiary/aromatic N) is 1. The molecule has 0 atom stereocenters. The Labute approximate surface area is 99.6 Å². The van der Waals surface area contributed by atoms with Crippen LogP contribution in [0.5, 0.6) is 0 Å². The van der Waals surface area contributed by atoms with Crippen molar-refractivity contribution in [2.75, 3.05) is 18.0 Å². The van der Waals surface area contributed by atoms with Gasteiger partial charge in [0, 0.05) is 16.7 Å². The number of hydrogen-bond donors (Lipinski definition) is 0. The summed E-state index contributed by atoms with van der Waals surface area (Å²) in [4.78, 5) is 2.48. The van der Waals surface area contributed by atoms with Crippen molar-refractivity contribution in [2.24, 2.45) is 11.8 Å². The molecule has 0 bridgehead atoms.